The van der Waals surface area contributed by atoms with E-state index in [1.165, 1.54) is 0 Å². The number of aryl methyl sites for hydroxylation is 1. The van der Waals surface area contributed by atoms with E-state index in [2.05, 4.69) is 20.1 Å². The van der Waals surface area contributed by atoms with Crippen LogP contribution in [0.15, 0.2) is 24.3 Å². The van der Waals surface area contributed by atoms with Gasteiger partial charge in [0.2, 0.25) is 16.0 Å². The molecule has 1 aromatic carbocycles. The molecule has 1 saturated heterocycles. The Morgan fingerprint density at radius 3 is 2.38 bits per heavy atom. The van der Waals surface area contributed by atoms with Crippen molar-refractivity contribution in [3.63, 3.8) is 0 Å². The summed E-state index contributed by atoms with van der Waals surface area (Å²) in [4.78, 5) is 42.4. The van der Waals surface area contributed by atoms with Crippen LogP contribution in [-0.2, 0) is 23.0 Å². The minimum atomic E-state index is -3.67. The van der Waals surface area contributed by atoms with E-state index in [0.717, 1.165) is 85.7 Å². The summed E-state index contributed by atoms with van der Waals surface area (Å²) < 4.78 is 24.8. The van der Waals surface area contributed by atoms with E-state index in [9.17, 15) is 28.2 Å². The number of rotatable bonds is 9. The lowest BCUT2D eigenvalue weighted by Crippen LogP contribution is -2.38. The number of fused-ring (bicyclic) bond motifs is 1. The van der Waals surface area contributed by atoms with Gasteiger partial charge in [-0.3, -0.25) is 10.1 Å². The summed E-state index contributed by atoms with van der Waals surface area (Å²) in [6, 6.07) is 6.76. The van der Waals surface area contributed by atoms with Crippen molar-refractivity contribution in [3.05, 3.63) is 51.5 Å². The van der Waals surface area contributed by atoms with Crippen LogP contribution in [0.5, 0.6) is 0 Å². The number of carbonyl (C=O) groups excluding carboxylic acids is 1. The van der Waals surface area contributed by atoms with Crippen molar-refractivity contribution < 1.29 is 28.2 Å². The van der Waals surface area contributed by atoms with Crippen LogP contribution in [-0.4, -0.2) is 78.0 Å². The molecule has 1 amide bonds. The van der Waals surface area contributed by atoms with Crippen molar-refractivity contribution in [2.75, 3.05) is 47.6 Å². The Labute approximate surface area is 247 Å². The van der Waals surface area contributed by atoms with Crippen molar-refractivity contribution >= 4 is 56.0 Å². The number of hydrogen-bond donors (Lipinski definition) is 4. The number of aromatic carboxylic acids is 1. The number of carboxylic acid groups (broad SMARTS) is 1. The summed E-state index contributed by atoms with van der Waals surface area (Å²) in [5.74, 6) is 0.449. The molecule has 0 saturated carbocycles. The second-order valence-corrected chi connectivity index (χ2v) is 13.3. The average Bonchev–Trinajstić information content (AvgIpc) is 3.32. The maximum Gasteiger partial charge on any atom is 0.347 e. The fraction of sp³-hybridized carbons (Fsp3) is 0.444. The van der Waals surface area contributed by atoms with Gasteiger partial charge in [0.15, 0.2) is 5.13 Å². The first-order valence-electron chi connectivity index (χ1n) is 13.6. The van der Waals surface area contributed by atoms with Gasteiger partial charge in [0.05, 0.1) is 11.9 Å². The zero-order valence-electron chi connectivity index (χ0n) is 23.3. The number of sulfonamides is 1. The number of nitrogens with zero attached hydrogens (tertiary/aromatic N) is 5. The van der Waals surface area contributed by atoms with Crippen LogP contribution in [0.2, 0.25) is 0 Å². The Hall–Kier alpha value is -3.82. The zero-order valence-corrected chi connectivity index (χ0v) is 25.0. The van der Waals surface area contributed by atoms with E-state index < -0.39 is 21.9 Å². The van der Waals surface area contributed by atoms with Crippen molar-refractivity contribution in [3.8, 4) is 0 Å². The van der Waals surface area contributed by atoms with Crippen LogP contribution in [0.25, 0.3) is 0 Å². The fourth-order valence-corrected chi connectivity index (χ4v) is 6.50. The molecule has 0 spiro atoms. The Morgan fingerprint density at radius 1 is 1.07 bits per heavy atom. The van der Waals surface area contributed by atoms with Gasteiger partial charge >= 0.3 is 5.97 Å². The molecule has 224 valence electrons. The topological polar surface area (TPSA) is 178 Å². The monoisotopic (exact) mass is 615 g/mol. The molecule has 3 aromatic rings. The Bertz CT molecular complexity index is 1580. The number of aliphatic hydroxyl groups is 1. The summed E-state index contributed by atoms with van der Waals surface area (Å²) in [5, 5.41) is 22.6. The average molecular weight is 616 g/mol. The number of benzene rings is 1. The smallest absolute Gasteiger partial charge is 0.347 e. The highest BCUT2D eigenvalue weighted by Gasteiger charge is 2.29. The number of amides is 1. The molecule has 4 heterocycles. The van der Waals surface area contributed by atoms with Gasteiger partial charge in [-0.25, -0.2) is 22.9 Å². The predicted octanol–water partition coefficient (Wildman–Crippen LogP) is 2.53. The van der Waals surface area contributed by atoms with Gasteiger partial charge in [0.1, 0.15) is 16.5 Å². The van der Waals surface area contributed by atoms with Crippen LogP contribution in [0, 0.1) is 12.8 Å². The SMILES string of the molecule is Cc1nc(Nc2nc(N3CCC(CO)CC3)c3c(n2)N(Cc2ccc(C(=O)NS(C)(=O)=O)cc2)CCC3)sc1C(=O)O. The van der Waals surface area contributed by atoms with Crippen molar-refractivity contribution in [2.24, 2.45) is 5.92 Å². The number of carbonyl (C=O) groups is 2. The molecule has 13 nitrogen and oxygen atoms in total. The third kappa shape index (κ3) is 6.79. The zero-order chi connectivity index (χ0) is 30.0. The van der Waals surface area contributed by atoms with Crippen LogP contribution in [0.1, 0.15) is 56.1 Å². The molecule has 5 rings (SSSR count). The first-order valence-corrected chi connectivity index (χ1v) is 16.3. The van der Waals surface area contributed by atoms with Gasteiger partial charge < -0.3 is 20.0 Å². The number of anilines is 4. The lowest BCUT2D eigenvalue weighted by atomic mass is 9.97. The van der Waals surface area contributed by atoms with Crippen molar-refractivity contribution in [2.45, 2.75) is 39.2 Å². The molecule has 0 atom stereocenters. The molecule has 0 aliphatic carbocycles. The first kappa shape index (κ1) is 29.7. The molecule has 1 fully saturated rings. The molecule has 0 radical (unpaired) electrons. The number of aliphatic hydroxyl groups excluding tert-OH is 1. The largest absolute Gasteiger partial charge is 0.477 e. The van der Waals surface area contributed by atoms with Gasteiger partial charge in [0.25, 0.3) is 5.91 Å². The van der Waals surface area contributed by atoms with Gasteiger partial charge in [-0.1, -0.05) is 23.5 Å². The highest BCUT2D eigenvalue weighted by atomic mass is 32.2. The molecule has 2 aliphatic heterocycles. The molecule has 4 N–H and O–H groups in total. The maximum atomic E-state index is 12.2. The van der Waals surface area contributed by atoms with Gasteiger partial charge in [0, 0.05) is 43.9 Å². The van der Waals surface area contributed by atoms with Crippen LogP contribution in [0.3, 0.4) is 0 Å². The van der Waals surface area contributed by atoms with E-state index in [4.69, 9.17) is 9.97 Å². The normalized spacial score (nSPS) is 15.8. The molecule has 0 unspecified atom stereocenters. The van der Waals surface area contributed by atoms with Crippen LogP contribution < -0.4 is 19.8 Å². The number of hydrogen-bond acceptors (Lipinski definition) is 12. The predicted molar refractivity (Wildman–Crippen MR) is 159 cm³/mol. The van der Waals surface area contributed by atoms with E-state index in [-0.39, 0.29) is 23.0 Å². The Balaban J connectivity index is 1.45. The number of piperidine rings is 1. The number of nitrogens with one attached hydrogen (secondary N) is 2. The molecule has 15 heteroatoms. The number of aromatic nitrogens is 3. The summed E-state index contributed by atoms with van der Waals surface area (Å²) in [5.41, 5.74) is 2.60. The summed E-state index contributed by atoms with van der Waals surface area (Å²) in [6.45, 7) is 4.57. The maximum absolute atomic E-state index is 12.2. The highest BCUT2D eigenvalue weighted by Crippen LogP contribution is 2.37. The minimum absolute atomic E-state index is 0.150. The quantitative estimate of drug-likeness (QED) is 0.277. The van der Waals surface area contributed by atoms with E-state index >= 15 is 0 Å². The fourth-order valence-electron chi connectivity index (χ4n) is 5.25. The highest BCUT2D eigenvalue weighted by molar-refractivity contribution is 7.89. The summed E-state index contributed by atoms with van der Waals surface area (Å²) in [7, 11) is -3.67. The molecular weight excluding hydrogens is 582 g/mol. The standard InChI is InChI=1S/C27H33N7O6S2/c1-16-21(25(37)38)41-27(28-16)31-26-29-22(33-12-9-18(15-35)10-13-33)20-4-3-11-34(23(20)30-26)14-17-5-7-19(8-6-17)24(36)32-42(2,39)40/h5-8,18,35H,3-4,9-15H2,1-2H3,(H,32,36)(H,37,38)(H,28,29,30,31). The molecule has 2 aromatic heterocycles. The van der Waals surface area contributed by atoms with Crippen LogP contribution in [0.4, 0.5) is 22.7 Å². The van der Waals surface area contributed by atoms with E-state index in [1.54, 1.807) is 31.2 Å². The van der Waals surface area contributed by atoms with E-state index in [1.807, 2.05) is 4.72 Å². The first-order chi connectivity index (χ1) is 20.0. The summed E-state index contributed by atoms with van der Waals surface area (Å²) >= 11 is 1.03. The second-order valence-electron chi connectivity index (χ2n) is 10.6. The van der Waals surface area contributed by atoms with Gasteiger partial charge in [-0.05, 0) is 56.2 Å². The Morgan fingerprint density at radius 2 is 1.76 bits per heavy atom. The van der Waals surface area contributed by atoms with Crippen LogP contribution >= 0.6 is 11.3 Å². The van der Waals surface area contributed by atoms with Crippen molar-refractivity contribution in [1.29, 1.82) is 0 Å². The number of carboxylic acids is 1. The molecule has 0 bridgehead atoms. The molecule has 42 heavy (non-hydrogen) atoms. The van der Waals surface area contributed by atoms with Crippen molar-refractivity contribution in [1.82, 2.24) is 19.7 Å². The molecular formula is C27H33N7O6S2. The lowest BCUT2D eigenvalue weighted by molar-refractivity contribution is 0.0700. The molecule has 2 aliphatic rings. The lowest BCUT2D eigenvalue weighted by Gasteiger charge is -2.37. The minimum Gasteiger partial charge on any atom is -0.477 e. The summed E-state index contributed by atoms with van der Waals surface area (Å²) in [6.07, 6.45) is 4.34. The second kappa shape index (κ2) is 12.2. The van der Waals surface area contributed by atoms with Gasteiger partial charge in [-0.2, -0.15) is 9.97 Å². The third-order valence-corrected chi connectivity index (χ3v) is 8.98. The van der Waals surface area contributed by atoms with E-state index in [0.29, 0.717) is 23.3 Å². The Kier molecular flexibility index (Phi) is 8.61. The third-order valence-electron chi connectivity index (χ3n) is 7.37. The van der Waals surface area contributed by atoms with Gasteiger partial charge in [-0.15, -0.1) is 0 Å². The number of thiazole rings is 1.